The minimum absolute atomic E-state index is 0.162. The Labute approximate surface area is 170 Å². The Balaban J connectivity index is 1.36. The molecular formula is C24H23N3O2. The van der Waals surface area contributed by atoms with Crippen LogP contribution in [-0.4, -0.2) is 11.8 Å². The van der Waals surface area contributed by atoms with E-state index in [1.807, 2.05) is 49.4 Å². The smallest absolute Gasteiger partial charge is 0.255 e. The Morgan fingerprint density at radius 2 is 1.59 bits per heavy atom. The van der Waals surface area contributed by atoms with Crippen LogP contribution in [-0.2, 0) is 19.6 Å². The van der Waals surface area contributed by atoms with Gasteiger partial charge >= 0.3 is 0 Å². The highest BCUT2D eigenvalue weighted by Gasteiger charge is 2.13. The molecule has 3 aromatic rings. The maximum absolute atomic E-state index is 12.5. The molecule has 4 rings (SSSR count). The molecule has 0 atom stereocenters. The number of amides is 2. The first-order valence-electron chi connectivity index (χ1n) is 9.66. The van der Waals surface area contributed by atoms with Crippen molar-refractivity contribution in [1.29, 1.82) is 0 Å². The van der Waals surface area contributed by atoms with E-state index in [9.17, 15) is 9.59 Å². The largest absolute Gasteiger partial charge is 0.348 e. The zero-order valence-electron chi connectivity index (χ0n) is 16.3. The monoisotopic (exact) mass is 385 g/mol. The summed E-state index contributed by atoms with van der Waals surface area (Å²) in [7, 11) is 0. The van der Waals surface area contributed by atoms with Crippen molar-refractivity contribution in [3.05, 3.63) is 100 Å². The van der Waals surface area contributed by atoms with Crippen molar-refractivity contribution in [3.63, 3.8) is 0 Å². The molecular weight excluding hydrogens is 362 g/mol. The highest BCUT2D eigenvalue weighted by atomic mass is 16.2. The van der Waals surface area contributed by atoms with Crippen molar-refractivity contribution in [2.45, 2.75) is 26.6 Å². The summed E-state index contributed by atoms with van der Waals surface area (Å²) in [6.45, 7) is 4.19. The van der Waals surface area contributed by atoms with E-state index in [2.05, 4.69) is 16.0 Å². The number of hydrogen-bond donors (Lipinski definition) is 3. The van der Waals surface area contributed by atoms with Crippen LogP contribution in [0.4, 0.5) is 5.69 Å². The number of nitrogens with one attached hydrogen (secondary N) is 3. The summed E-state index contributed by atoms with van der Waals surface area (Å²) >= 11 is 0. The molecule has 0 aliphatic carbocycles. The lowest BCUT2D eigenvalue weighted by atomic mass is 10.1. The Hall–Kier alpha value is -3.44. The minimum Gasteiger partial charge on any atom is -0.348 e. The van der Waals surface area contributed by atoms with Gasteiger partial charge in [-0.3, -0.25) is 9.59 Å². The number of carbonyl (C=O) groups is 2. The predicted molar refractivity (Wildman–Crippen MR) is 114 cm³/mol. The average Bonchev–Trinajstić information content (AvgIpc) is 3.20. The summed E-state index contributed by atoms with van der Waals surface area (Å²) < 4.78 is 0. The Morgan fingerprint density at radius 3 is 2.34 bits per heavy atom. The molecule has 1 aliphatic rings. The van der Waals surface area contributed by atoms with Crippen molar-refractivity contribution < 1.29 is 9.59 Å². The first-order chi connectivity index (χ1) is 14.1. The molecule has 2 amide bonds. The molecule has 3 N–H and O–H groups in total. The van der Waals surface area contributed by atoms with Crippen LogP contribution in [0.25, 0.3) is 0 Å². The second-order valence-corrected chi connectivity index (χ2v) is 7.29. The van der Waals surface area contributed by atoms with Crippen molar-refractivity contribution in [1.82, 2.24) is 10.6 Å². The van der Waals surface area contributed by atoms with E-state index < -0.39 is 0 Å². The molecule has 0 unspecified atom stereocenters. The predicted octanol–water partition coefficient (Wildman–Crippen LogP) is 3.78. The third-order valence-corrected chi connectivity index (χ3v) is 5.04. The van der Waals surface area contributed by atoms with Crippen LogP contribution in [0.15, 0.2) is 66.7 Å². The molecule has 1 heterocycles. The van der Waals surface area contributed by atoms with Gasteiger partial charge in [0.25, 0.3) is 11.8 Å². The van der Waals surface area contributed by atoms with Gasteiger partial charge in [-0.1, -0.05) is 35.9 Å². The maximum Gasteiger partial charge on any atom is 0.255 e. The van der Waals surface area contributed by atoms with E-state index in [-0.39, 0.29) is 11.8 Å². The highest BCUT2D eigenvalue weighted by molar-refractivity contribution is 6.05. The van der Waals surface area contributed by atoms with Gasteiger partial charge in [-0.25, -0.2) is 0 Å². The van der Waals surface area contributed by atoms with Gasteiger partial charge in [0.1, 0.15) is 0 Å². The van der Waals surface area contributed by atoms with Gasteiger partial charge in [0.05, 0.1) is 0 Å². The fraction of sp³-hybridized carbons (Fsp3) is 0.167. The molecule has 1 aliphatic heterocycles. The van der Waals surface area contributed by atoms with Crippen molar-refractivity contribution >= 4 is 17.5 Å². The molecule has 0 saturated carbocycles. The van der Waals surface area contributed by atoms with E-state index in [0.717, 1.165) is 29.9 Å². The lowest BCUT2D eigenvalue weighted by molar-refractivity contribution is 0.0949. The summed E-state index contributed by atoms with van der Waals surface area (Å²) in [5, 5.41) is 9.12. The molecule has 0 spiro atoms. The van der Waals surface area contributed by atoms with Crippen LogP contribution in [0, 0.1) is 6.92 Å². The average molecular weight is 385 g/mol. The van der Waals surface area contributed by atoms with E-state index >= 15 is 0 Å². The zero-order valence-corrected chi connectivity index (χ0v) is 16.3. The third kappa shape index (κ3) is 4.52. The molecule has 0 fully saturated rings. The molecule has 0 bridgehead atoms. The van der Waals surface area contributed by atoms with Gasteiger partial charge in [-0.05, 0) is 60.0 Å². The summed E-state index contributed by atoms with van der Waals surface area (Å²) in [5.74, 6) is -0.354. The molecule has 146 valence electrons. The maximum atomic E-state index is 12.5. The minimum atomic E-state index is -0.192. The quantitative estimate of drug-likeness (QED) is 0.626. The summed E-state index contributed by atoms with van der Waals surface area (Å²) in [5.41, 5.74) is 6.51. The number of aryl methyl sites for hydroxylation is 1. The van der Waals surface area contributed by atoms with E-state index in [0.29, 0.717) is 17.7 Å². The lowest BCUT2D eigenvalue weighted by Gasteiger charge is -2.09. The van der Waals surface area contributed by atoms with Crippen LogP contribution < -0.4 is 16.0 Å². The SMILES string of the molecule is Cc1cccc(CNC(=O)c2ccc(C(=O)Nc3ccc4c(c3)CNC4)cc2)c1. The number of benzene rings is 3. The van der Waals surface area contributed by atoms with Gasteiger partial charge in [0.15, 0.2) is 0 Å². The molecule has 5 nitrogen and oxygen atoms in total. The van der Waals surface area contributed by atoms with Gasteiger partial charge in [0.2, 0.25) is 0 Å². The molecule has 29 heavy (non-hydrogen) atoms. The van der Waals surface area contributed by atoms with Crippen LogP contribution in [0.1, 0.15) is 43.0 Å². The Morgan fingerprint density at radius 1 is 0.862 bits per heavy atom. The van der Waals surface area contributed by atoms with Crippen LogP contribution in [0.5, 0.6) is 0 Å². The summed E-state index contributed by atoms with van der Waals surface area (Å²) in [6.07, 6.45) is 0. The standard InChI is InChI=1S/C24H23N3O2/c1-16-3-2-4-17(11-16)13-26-23(28)18-5-7-19(8-6-18)24(29)27-22-10-9-20-14-25-15-21(20)12-22/h2-12,25H,13-15H2,1H3,(H,26,28)(H,27,29). The van der Waals surface area contributed by atoms with Crippen molar-refractivity contribution in [2.75, 3.05) is 5.32 Å². The highest BCUT2D eigenvalue weighted by Crippen LogP contribution is 2.20. The summed E-state index contributed by atoms with van der Waals surface area (Å²) in [4.78, 5) is 24.9. The van der Waals surface area contributed by atoms with Gasteiger partial charge in [-0.15, -0.1) is 0 Å². The number of hydrogen-bond acceptors (Lipinski definition) is 3. The van der Waals surface area contributed by atoms with Crippen molar-refractivity contribution in [2.24, 2.45) is 0 Å². The van der Waals surface area contributed by atoms with E-state index in [4.69, 9.17) is 0 Å². The number of anilines is 1. The zero-order chi connectivity index (χ0) is 20.2. The van der Waals surface area contributed by atoms with Gasteiger partial charge < -0.3 is 16.0 Å². The third-order valence-electron chi connectivity index (χ3n) is 5.04. The lowest BCUT2D eigenvalue weighted by Crippen LogP contribution is -2.23. The second-order valence-electron chi connectivity index (χ2n) is 7.29. The molecule has 0 aromatic heterocycles. The summed E-state index contributed by atoms with van der Waals surface area (Å²) in [6, 6.07) is 20.7. The number of rotatable bonds is 5. The number of carbonyl (C=O) groups excluding carboxylic acids is 2. The van der Waals surface area contributed by atoms with E-state index in [1.54, 1.807) is 24.3 Å². The molecule has 0 radical (unpaired) electrons. The van der Waals surface area contributed by atoms with Crippen molar-refractivity contribution in [3.8, 4) is 0 Å². The fourth-order valence-electron chi connectivity index (χ4n) is 3.46. The Kier molecular flexibility index (Phi) is 5.40. The molecule has 5 heteroatoms. The van der Waals surface area contributed by atoms with Crippen LogP contribution in [0.3, 0.4) is 0 Å². The first-order valence-corrected chi connectivity index (χ1v) is 9.66. The molecule has 3 aromatic carbocycles. The normalized spacial score (nSPS) is 12.3. The number of fused-ring (bicyclic) bond motifs is 1. The first kappa shape index (κ1) is 18.9. The second kappa shape index (κ2) is 8.29. The van der Waals surface area contributed by atoms with Gasteiger partial charge in [0, 0.05) is 36.4 Å². The van der Waals surface area contributed by atoms with Crippen LogP contribution >= 0.6 is 0 Å². The van der Waals surface area contributed by atoms with Crippen LogP contribution in [0.2, 0.25) is 0 Å². The Bertz CT molecular complexity index is 1060. The van der Waals surface area contributed by atoms with E-state index in [1.165, 1.54) is 11.1 Å². The molecule has 0 saturated heterocycles. The van der Waals surface area contributed by atoms with Gasteiger partial charge in [-0.2, -0.15) is 0 Å². The topological polar surface area (TPSA) is 70.2 Å². The fourth-order valence-corrected chi connectivity index (χ4v) is 3.46.